The highest BCUT2D eigenvalue weighted by molar-refractivity contribution is 5.85. The first-order chi connectivity index (χ1) is 9.42. The van der Waals surface area contributed by atoms with Gasteiger partial charge in [-0.3, -0.25) is 9.69 Å². The summed E-state index contributed by atoms with van der Waals surface area (Å²) >= 11 is 0. The molecule has 7 heteroatoms. The van der Waals surface area contributed by atoms with E-state index in [9.17, 15) is 4.79 Å². The van der Waals surface area contributed by atoms with Gasteiger partial charge in [-0.15, -0.1) is 24.8 Å². The van der Waals surface area contributed by atoms with Crippen molar-refractivity contribution in [3.05, 3.63) is 0 Å². The SMILES string of the molecule is COCC1(CNC(=O)C(C(C)C)N(C)C)CCNCC1.Cl.Cl. The summed E-state index contributed by atoms with van der Waals surface area (Å²) in [5.41, 5.74) is 0.0868. The number of carbonyl (C=O) groups is 1. The second-order valence-electron chi connectivity index (χ2n) is 6.55. The number of rotatable bonds is 7. The summed E-state index contributed by atoms with van der Waals surface area (Å²) in [6.07, 6.45) is 2.10. The molecule has 0 aromatic carbocycles. The zero-order chi connectivity index (χ0) is 15.2. The Hall–Kier alpha value is -0.0700. The Labute approximate surface area is 147 Å². The Balaban J connectivity index is 0. The fraction of sp³-hybridized carbons (Fsp3) is 0.933. The molecule has 1 unspecified atom stereocenters. The lowest BCUT2D eigenvalue weighted by atomic mass is 9.79. The van der Waals surface area contributed by atoms with Gasteiger partial charge in [-0.2, -0.15) is 0 Å². The highest BCUT2D eigenvalue weighted by Crippen LogP contribution is 2.28. The van der Waals surface area contributed by atoms with Crippen LogP contribution in [0.5, 0.6) is 0 Å². The van der Waals surface area contributed by atoms with Crippen molar-refractivity contribution in [1.29, 1.82) is 0 Å². The molecular formula is C15H33Cl2N3O2. The van der Waals surface area contributed by atoms with Crippen molar-refractivity contribution in [1.82, 2.24) is 15.5 Å². The van der Waals surface area contributed by atoms with Gasteiger partial charge in [0.2, 0.25) is 5.91 Å². The van der Waals surface area contributed by atoms with Gasteiger partial charge in [-0.25, -0.2) is 0 Å². The molecule has 1 aliphatic heterocycles. The van der Waals surface area contributed by atoms with Crippen LogP contribution in [0.1, 0.15) is 26.7 Å². The molecular weight excluding hydrogens is 325 g/mol. The van der Waals surface area contributed by atoms with Crippen LogP contribution in [0, 0.1) is 11.3 Å². The highest BCUT2D eigenvalue weighted by atomic mass is 35.5. The molecule has 0 aromatic heterocycles. The fourth-order valence-electron chi connectivity index (χ4n) is 3.15. The van der Waals surface area contributed by atoms with Crippen LogP contribution in [0.25, 0.3) is 0 Å². The van der Waals surface area contributed by atoms with E-state index in [1.165, 1.54) is 0 Å². The van der Waals surface area contributed by atoms with Crippen LogP contribution in [0.2, 0.25) is 0 Å². The first-order valence-electron chi connectivity index (χ1n) is 7.56. The topological polar surface area (TPSA) is 53.6 Å². The normalized spacial score (nSPS) is 18.3. The summed E-state index contributed by atoms with van der Waals surface area (Å²) < 4.78 is 5.38. The number of likely N-dealkylation sites (N-methyl/N-ethyl adjacent to an activating group) is 1. The molecule has 0 bridgehead atoms. The molecule has 0 saturated carbocycles. The Morgan fingerprint density at radius 1 is 1.27 bits per heavy atom. The maximum Gasteiger partial charge on any atom is 0.237 e. The number of hydrogen-bond donors (Lipinski definition) is 2. The lowest BCUT2D eigenvalue weighted by Crippen LogP contribution is -2.52. The maximum atomic E-state index is 12.4. The number of halogens is 2. The highest BCUT2D eigenvalue weighted by Gasteiger charge is 2.34. The molecule has 1 saturated heterocycles. The van der Waals surface area contributed by atoms with Crippen LogP contribution in [0.4, 0.5) is 0 Å². The number of nitrogens with one attached hydrogen (secondary N) is 2. The quantitative estimate of drug-likeness (QED) is 0.725. The van der Waals surface area contributed by atoms with Gasteiger partial charge in [0.15, 0.2) is 0 Å². The van der Waals surface area contributed by atoms with E-state index < -0.39 is 0 Å². The van der Waals surface area contributed by atoms with E-state index >= 15 is 0 Å². The summed E-state index contributed by atoms with van der Waals surface area (Å²) in [7, 11) is 5.65. The van der Waals surface area contributed by atoms with Gasteiger partial charge in [-0.05, 0) is 45.9 Å². The molecule has 134 valence electrons. The number of hydrogen-bond acceptors (Lipinski definition) is 4. The minimum absolute atomic E-state index is 0. The van der Waals surface area contributed by atoms with Gasteiger partial charge in [0.25, 0.3) is 0 Å². The van der Waals surface area contributed by atoms with Gasteiger partial charge in [0, 0.05) is 19.1 Å². The van der Waals surface area contributed by atoms with Gasteiger partial charge < -0.3 is 15.4 Å². The second-order valence-corrected chi connectivity index (χ2v) is 6.55. The van der Waals surface area contributed by atoms with Crippen molar-refractivity contribution < 1.29 is 9.53 Å². The largest absolute Gasteiger partial charge is 0.384 e. The zero-order valence-electron chi connectivity index (χ0n) is 14.5. The number of nitrogens with zero attached hydrogens (tertiary/aromatic N) is 1. The Morgan fingerprint density at radius 3 is 2.23 bits per heavy atom. The molecule has 22 heavy (non-hydrogen) atoms. The molecule has 0 spiro atoms. The molecule has 1 amide bonds. The fourth-order valence-corrected chi connectivity index (χ4v) is 3.15. The first kappa shape index (κ1) is 24.2. The first-order valence-corrected chi connectivity index (χ1v) is 7.56. The van der Waals surface area contributed by atoms with E-state index in [1.54, 1.807) is 7.11 Å². The second kappa shape index (κ2) is 11.5. The Bertz CT molecular complexity index is 296. The smallest absolute Gasteiger partial charge is 0.237 e. The number of piperidine rings is 1. The van der Waals surface area contributed by atoms with Crippen molar-refractivity contribution in [3.8, 4) is 0 Å². The van der Waals surface area contributed by atoms with Crippen LogP contribution in [-0.2, 0) is 9.53 Å². The monoisotopic (exact) mass is 357 g/mol. The Kier molecular flexibility index (Phi) is 12.6. The predicted molar refractivity (Wildman–Crippen MR) is 96.2 cm³/mol. The van der Waals surface area contributed by atoms with Gasteiger partial charge in [0.1, 0.15) is 0 Å². The molecule has 0 aliphatic carbocycles. The zero-order valence-corrected chi connectivity index (χ0v) is 16.1. The third-order valence-corrected chi connectivity index (χ3v) is 4.21. The predicted octanol–water partition coefficient (Wildman–Crippen LogP) is 1.55. The van der Waals surface area contributed by atoms with Gasteiger partial charge in [-0.1, -0.05) is 13.8 Å². The van der Waals surface area contributed by atoms with Gasteiger partial charge in [0.05, 0.1) is 12.6 Å². The summed E-state index contributed by atoms with van der Waals surface area (Å²) in [6.45, 7) is 7.59. The van der Waals surface area contributed by atoms with Crippen molar-refractivity contribution in [3.63, 3.8) is 0 Å². The van der Waals surface area contributed by atoms with Crippen LogP contribution >= 0.6 is 24.8 Å². The summed E-state index contributed by atoms with van der Waals surface area (Å²) in [4.78, 5) is 14.4. The van der Waals surface area contributed by atoms with Gasteiger partial charge >= 0.3 is 0 Å². The van der Waals surface area contributed by atoms with E-state index in [2.05, 4.69) is 24.5 Å². The lowest BCUT2D eigenvalue weighted by molar-refractivity contribution is -0.127. The molecule has 0 radical (unpaired) electrons. The minimum atomic E-state index is -0.0729. The van der Waals surface area contributed by atoms with E-state index in [4.69, 9.17) is 4.74 Å². The van der Waals surface area contributed by atoms with Crippen LogP contribution in [0.15, 0.2) is 0 Å². The lowest BCUT2D eigenvalue weighted by Gasteiger charge is -2.38. The van der Waals surface area contributed by atoms with Crippen LogP contribution in [0.3, 0.4) is 0 Å². The van der Waals surface area contributed by atoms with E-state index in [0.717, 1.165) is 25.9 Å². The number of ether oxygens (including phenoxy) is 1. The molecule has 1 fully saturated rings. The van der Waals surface area contributed by atoms with Crippen LogP contribution in [-0.4, -0.2) is 64.3 Å². The number of carbonyl (C=O) groups excluding carboxylic acids is 1. The van der Waals surface area contributed by atoms with E-state index in [-0.39, 0.29) is 42.2 Å². The van der Waals surface area contributed by atoms with E-state index in [0.29, 0.717) is 19.1 Å². The van der Waals surface area contributed by atoms with Crippen molar-refractivity contribution in [2.45, 2.75) is 32.7 Å². The molecule has 1 atom stereocenters. The van der Waals surface area contributed by atoms with E-state index in [1.807, 2.05) is 19.0 Å². The standard InChI is InChI=1S/C15H31N3O2.2ClH/c1-12(2)13(18(3)4)14(19)17-10-15(11-20-5)6-8-16-9-7-15;;/h12-13,16H,6-11H2,1-5H3,(H,17,19);2*1H. The minimum Gasteiger partial charge on any atom is -0.384 e. The summed E-state index contributed by atoms with van der Waals surface area (Å²) in [5.74, 6) is 0.426. The summed E-state index contributed by atoms with van der Waals surface area (Å²) in [6, 6.07) is -0.0729. The molecule has 1 aliphatic rings. The molecule has 5 nitrogen and oxygen atoms in total. The maximum absolute atomic E-state index is 12.4. The van der Waals surface area contributed by atoms with Crippen molar-refractivity contribution >= 4 is 30.7 Å². The molecule has 0 aromatic rings. The summed E-state index contributed by atoms with van der Waals surface area (Å²) in [5, 5.41) is 6.52. The number of methoxy groups -OCH3 is 1. The van der Waals surface area contributed by atoms with Crippen molar-refractivity contribution in [2.24, 2.45) is 11.3 Å². The number of amides is 1. The Morgan fingerprint density at radius 2 is 1.82 bits per heavy atom. The molecule has 1 heterocycles. The van der Waals surface area contributed by atoms with Crippen LogP contribution < -0.4 is 10.6 Å². The third kappa shape index (κ3) is 7.01. The molecule has 2 N–H and O–H groups in total. The molecule has 1 rings (SSSR count). The average molecular weight is 358 g/mol. The van der Waals surface area contributed by atoms with Crippen molar-refractivity contribution in [2.75, 3.05) is 47.4 Å². The average Bonchev–Trinajstić information content (AvgIpc) is 2.37. The third-order valence-electron chi connectivity index (χ3n) is 4.21.